The van der Waals surface area contributed by atoms with Crippen molar-refractivity contribution in [3.63, 3.8) is 0 Å². The maximum Gasteiger partial charge on any atom is 1.00 e. The third kappa shape index (κ3) is 6.08. The van der Waals surface area contributed by atoms with E-state index in [2.05, 4.69) is 10.2 Å². The minimum atomic E-state index is -4.72. The fraction of sp³-hybridized carbons (Fsp3) is 0.111. The standard InChI is InChI=1S/C18H16N2O8S2.2Na/c1-10-16(30(25,26)27)8-6-14(18(10)28-2)19-20-17-13-5-4-12(29(22,23)24)9-11(13)3-7-15(17)21;;/h3-9,21H,1-2H3,(H,22,23,24)(H,25,26,27);;/q;2*+1/p-2/b20-19+;;. The van der Waals surface area contributed by atoms with Crippen molar-refractivity contribution in [2.45, 2.75) is 16.7 Å². The van der Waals surface area contributed by atoms with Gasteiger partial charge in [0.1, 0.15) is 37.4 Å². The summed E-state index contributed by atoms with van der Waals surface area (Å²) in [5, 5.41) is 18.8. The van der Waals surface area contributed by atoms with Crippen molar-refractivity contribution in [3.8, 4) is 11.5 Å². The Bertz CT molecular complexity index is 1410. The quantitative estimate of drug-likeness (QED) is 0.223. The summed E-state index contributed by atoms with van der Waals surface area (Å²) in [6.45, 7) is 1.38. The van der Waals surface area contributed by atoms with Gasteiger partial charge >= 0.3 is 59.1 Å². The molecule has 0 bridgehead atoms. The smallest absolute Gasteiger partial charge is 0.744 e. The SMILES string of the molecule is COc1c(/N=N/c2c(O)ccc3cc(S(=O)(=O)[O-])ccc23)ccc(S(=O)(=O)[O-])c1C.[Na+].[Na+]. The molecule has 0 aromatic heterocycles. The van der Waals surface area contributed by atoms with E-state index in [0.29, 0.717) is 10.8 Å². The molecule has 32 heavy (non-hydrogen) atoms. The molecular formula is C18H14N2Na2O8S2. The van der Waals surface area contributed by atoms with Crippen molar-refractivity contribution < 1.29 is 94.9 Å². The van der Waals surface area contributed by atoms with Gasteiger partial charge < -0.3 is 18.9 Å². The molecule has 14 heteroatoms. The van der Waals surface area contributed by atoms with Gasteiger partial charge in [-0.1, -0.05) is 12.1 Å². The molecule has 158 valence electrons. The Morgan fingerprint density at radius 1 is 0.906 bits per heavy atom. The molecule has 0 radical (unpaired) electrons. The van der Waals surface area contributed by atoms with Gasteiger partial charge in [-0.15, -0.1) is 10.2 Å². The van der Waals surface area contributed by atoms with Gasteiger partial charge in [-0.05, 0) is 42.6 Å². The molecule has 0 aliphatic heterocycles. The van der Waals surface area contributed by atoms with Gasteiger partial charge in [0.15, 0.2) is 5.75 Å². The largest absolute Gasteiger partial charge is 1.00 e. The van der Waals surface area contributed by atoms with Crippen LogP contribution in [0.25, 0.3) is 10.8 Å². The molecule has 0 heterocycles. The van der Waals surface area contributed by atoms with Gasteiger partial charge in [-0.3, -0.25) is 0 Å². The molecule has 0 saturated carbocycles. The summed E-state index contributed by atoms with van der Waals surface area (Å²) >= 11 is 0. The predicted molar refractivity (Wildman–Crippen MR) is 103 cm³/mol. The van der Waals surface area contributed by atoms with Gasteiger partial charge in [-0.2, -0.15) is 0 Å². The molecule has 0 unspecified atom stereocenters. The summed E-state index contributed by atoms with van der Waals surface area (Å²) in [5.74, 6) is -0.256. The van der Waals surface area contributed by atoms with Crippen LogP contribution in [0, 0.1) is 6.92 Å². The minimum Gasteiger partial charge on any atom is -0.744 e. The van der Waals surface area contributed by atoms with Crippen LogP contribution in [0.5, 0.6) is 11.5 Å². The maximum atomic E-state index is 11.3. The predicted octanol–water partition coefficient (Wildman–Crippen LogP) is -2.91. The van der Waals surface area contributed by atoms with E-state index >= 15 is 0 Å². The van der Waals surface area contributed by atoms with E-state index in [9.17, 15) is 31.0 Å². The Kier molecular flexibility index (Phi) is 9.88. The zero-order valence-electron chi connectivity index (χ0n) is 17.6. The van der Waals surface area contributed by atoms with E-state index in [-0.39, 0.29) is 87.6 Å². The first kappa shape index (κ1) is 29.0. The van der Waals surface area contributed by atoms with Crippen LogP contribution >= 0.6 is 0 Å². The average Bonchev–Trinajstić information content (AvgIpc) is 2.65. The molecule has 0 atom stereocenters. The Labute approximate surface area is 228 Å². The Balaban J connectivity index is 0.00000256. The van der Waals surface area contributed by atoms with Gasteiger partial charge in [0.2, 0.25) is 0 Å². The van der Waals surface area contributed by atoms with Crippen molar-refractivity contribution >= 4 is 42.4 Å². The molecule has 0 fully saturated rings. The Morgan fingerprint density at radius 3 is 2.12 bits per heavy atom. The zero-order valence-corrected chi connectivity index (χ0v) is 23.2. The maximum absolute atomic E-state index is 11.3. The summed E-state index contributed by atoms with van der Waals surface area (Å²) in [4.78, 5) is -0.895. The molecule has 10 nitrogen and oxygen atoms in total. The van der Waals surface area contributed by atoms with E-state index in [0.717, 1.165) is 18.2 Å². The number of nitrogens with zero attached hydrogens (tertiary/aromatic N) is 2. The summed E-state index contributed by atoms with van der Waals surface area (Å²) in [6, 6.07) is 8.51. The number of aromatic hydroxyl groups is 1. The van der Waals surface area contributed by atoms with E-state index in [1.54, 1.807) is 0 Å². The zero-order chi connectivity index (χ0) is 22.3. The Hall–Kier alpha value is -1.06. The topological polar surface area (TPSA) is 169 Å². The number of fused-ring (bicyclic) bond motifs is 1. The summed E-state index contributed by atoms with van der Waals surface area (Å²) in [6.07, 6.45) is 0. The second kappa shape index (κ2) is 10.9. The first-order chi connectivity index (χ1) is 13.9. The number of methoxy groups -OCH3 is 1. The molecule has 3 aromatic rings. The van der Waals surface area contributed by atoms with E-state index < -0.39 is 30.0 Å². The Morgan fingerprint density at radius 2 is 1.56 bits per heavy atom. The number of rotatable bonds is 5. The minimum absolute atomic E-state index is 0. The molecule has 3 aromatic carbocycles. The molecule has 3 rings (SSSR count). The van der Waals surface area contributed by atoms with E-state index in [1.165, 1.54) is 38.3 Å². The van der Waals surface area contributed by atoms with Crippen LogP contribution in [0.2, 0.25) is 0 Å². The number of phenolic OH excluding ortho intramolecular Hbond substituents is 1. The van der Waals surface area contributed by atoms with Crippen molar-refractivity contribution in [2.75, 3.05) is 7.11 Å². The molecule has 0 saturated heterocycles. The van der Waals surface area contributed by atoms with E-state index in [4.69, 9.17) is 4.74 Å². The number of phenols is 1. The van der Waals surface area contributed by atoms with Gasteiger partial charge in [0.05, 0.1) is 16.9 Å². The molecule has 0 aliphatic carbocycles. The first-order valence-corrected chi connectivity index (χ1v) is 11.0. The third-order valence-corrected chi connectivity index (χ3v) is 6.11. The molecule has 0 spiro atoms. The molecule has 0 amide bonds. The van der Waals surface area contributed by atoms with Gasteiger partial charge in [0, 0.05) is 10.9 Å². The van der Waals surface area contributed by atoms with Crippen molar-refractivity contribution in [3.05, 3.63) is 48.0 Å². The van der Waals surface area contributed by atoms with Crippen LogP contribution < -0.4 is 63.9 Å². The fourth-order valence-electron chi connectivity index (χ4n) is 2.91. The monoisotopic (exact) mass is 496 g/mol. The summed E-state index contributed by atoms with van der Waals surface area (Å²) < 4.78 is 72.8. The van der Waals surface area contributed by atoms with Crippen molar-refractivity contribution in [1.29, 1.82) is 0 Å². The average molecular weight is 496 g/mol. The van der Waals surface area contributed by atoms with Crippen LogP contribution in [-0.4, -0.2) is 38.2 Å². The van der Waals surface area contributed by atoms with Gasteiger partial charge in [-0.25, -0.2) is 16.8 Å². The van der Waals surface area contributed by atoms with Crippen LogP contribution in [-0.2, 0) is 20.2 Å². The first-order valence-electron chi connectivity index (χ1n) is 8.20. The van der Waals surface area contributed by atoms with Crippen molar-refractivity contribution in [1.82, 2.24) is 0 Å². The third-order valence-electron chi connectivity index (χ3n) is 4.30. The van der Waals surface area contributed by atoms with Crippen LogP contribution in [0.1, 0.15) is 5.56 Å². The van der Waals surface area contributed by atoms with Crippen LogP contribution in [0.4, 0.5) is 11.4 Å². The number of azo groups is 1. The molecule has 1 N–H and O–H groups in total. The summed E-state index contributed by atoms with van der Waals surface area (Å²) in [7, 11) is -8.11. The second-order valence-corrected chi connectivity index (χ2v) is 8.89. The number of hydrogen-bond acceptors (Lipinski definition) is 10. The number of ether oxygens (including phenoxy) is 1. The van der Waals surface area contributed by atoms with Crippen LogP contribution in [0.3, 0.4) is 0 Å². The molecular weight excluding hydrogens is 482 g/mol. The van der Waals surface area contributed by atoms with E-state index in [1.807, 2.05) is 0 Å². The second-order valence-electron chi connectivity index (χ2n) is 6.17. The number of hydrogen-bond donors (Lipinski definition) is 1. The number of benzene rings is 3. The van der Waals surface area contributed by atoms with Crippen molar-refractivity contribution in [2.24, 2.45) is 10.2 Å². The summed E-state index contributed by atoms with van der Waals surface area (Å²) in [5.41, 5.74) is 0.136. The normalized spacial score (nSPS) is 11.8. The van der Waals surface area contributed by atoms with Gasteiger partial charge in [0.25, 0.3) is 0 Å². The molecule has 0 aliphatic rings. The fourth-order valence-corrected chi connectivity index (χ4v) is 4.12. The van der Waals surface area contributed by atoms with Crippen LogP contribution in [0.15, 0.2) is 62.5 Å².